The zero-order valence-electron chi connectivity index (χ0n) is 12.2. The van der Waals surface area contributed by atoms with E-state index >= 15 is 0 Å². The van der Waals surface area contributed by atoms with Crippen LogP contribution in [0.1, 0.15) is 29.7 Å². The molecule has 0 aliphatic heterocycles. The summed E-state index contributed by atoms with van der Waals surface area (Å²) in [4.78, 5) is 2.22. The molecule has 1 aromatic carbocycles. The van der Waals surface area contributed by atoms with Crippen LogP contribution in [-0.2, 0) is 13.1 Å². The molecule has 0 amide bonds. The monoisotopic (exact) mass is 270 g/mol. The number of furan rings is 1. The summed E-state index contributed by atoms with van der Waals surface area (Å²) < 4.78 is 5.65. The lowest BCUT2D eigenvalue weighted by molar-refractivity contribution is 0.499. The third-order valence-corrected chi connectivity index (χ3v) is 3.85. The first-order valence-corrected chi connectivity index (χ1v) is 7.29. The van der Waals surface area contributed by atoms with Crippen molar-refractivity contribution in [2.24, 2.45) is 0 Å². The van der Waals surface area contributed by atoms with E-state index in [4.69, 9.17) is 4.42 Å². The van der Waals surface area contributed by atoms with Gasteiger partial charge in [0.1, 0.15) is 5.76 Å². The molecule has 20 heavy (non-hydrogen) atoms. The Morgan fingerprint density at radius 2 is 1.95 bits per heavy atom. The first-order chi connectivity index (χ1) is 9.72. The van der Waals surface area contributed by atoms with E-state index in [1.165, 1.54) is 29.7 Å². The fraction of sp³-hybridized carbons (Fsp3) is 0.412. The number of hydrogen-bond acceptors (Lipinski definition) is 3. The van der Waals surface area contributed by atoms with Crippen LogP contribution < -0.4 is 10.2 Å². The molecule has 0 spiro atoms. The van der Waals surface area contributed by atoms with Crippen LogP contribution in [0.5, 0.6) is 0 Å². The highest BCUT2D eigenvalue weighted by atomic mass is 16.3. The number of nitrogens with one attached hydrogen (secondary N) is 1. The van der Waals surface area contributed by atoms with Crippen LogP contribution in [0, 0.1) is 6.92 Å². The Morgan fingerprint density at radius 1 is 1.20 bits per heavy atom. The Labute approximate surface area is 120 Å². The Bertz CT molecular complexity index is 555. The zero-order chi connectivity index (χ0) is 13.9. The quantitative estimate of drug-likeness (QED) is 0.871. The number of benzene rings is 1. The Kier molecular flexibility index (Phi) is 3.79. The van der Waals surface area contributed by atoms with Crippen molar-refractivity contribution in [2.45, 2.75) is 38.9 Å². The average Bonchev–Trinajstić information content (AvgIpc) is 3.18. The molecule has 1 aromatic heterocycles. The van der Waals surface area contributed by atoms with E-state index in [2.05, 4.69) is 54.5 Å². The van der Waals surface area contributed by atoms with Gasteiger partial charge in [0.15, 0.2) is 0 Å². The molecule has 3 heteroatoms. The summed E-state index contributed by atoms with van der Waals surface area (Å²) in [6.07, 6.45) is 4.43. The minimum Gasteiger partial charge on any atom is -0.467 e. The third kappa shape index (κ3) is 3.23. The van der Waals surface area contributed by atoms with E-state index < -0.39 is 0 Å². The molecular weight excluding hydrogens is 248 g/mol. The van der Waals surface area contributed by atoms with Crippen LogP contribution >= 0.6 is 0 Å². The van der Waals surface area contributed by atoms with Crippen LogP contribution in [0.15, 0.2) is 41.0 Å². The first-order valence-electron chi connectivity index (χ1n) is 7.29. The molecule has 0 unspecified atom stereocenters. The van der Waals surface area contributed by atoms with E-state index in [0.717, 1.165) is 24.9 Å². The van der Waals surface area contributed by atoms with Crippen molar-refractivity contribution >= 4 is 5.69 Å². The van der Waals surface area contributed by atoms with Gasteiger partial charge in [-0.2, -0.15) is 0 Å². The fourth-order valence-electron chi connectivity index (χ4n) is 2.31. The molecule has 1 heterocycles. The molecule has 1 N–H and O–H groups in total. The highest BCUT2D eigenvalue weighted by Gasteiger charge is 2.21. The molecule has 2 aromatic rings. The van der Waals surface area contributed by atoms with Gasteiger partial charge in [0.2, 0.25) is 0 Å². The van der Waals surface area contributed by atoms with Crippen LogP contribution in [0.2, 0.25) is 0 Å². The van der Waals surface area contributed by atoms with Gasteiger partial charge in [-0.1, -0.05) is 17.7 Å². The van der Waals surface area contributed by atoms with Crippen LogP contribution in [0.4, 0.5) is 5.69 Å². The van der Waals surface area contributed by atoms with Gasteiger partial charge >= 0.3 is 0 Å². The van der Waals surface area contributed by atoms with E-state index in [1.54, 1.807) is 6.26 Å². The van der Waals surface area contributed by atoms with Crippen molar-refractivity contribution in [3.8, 4) is 0 Å². The van der Waals surface area contributed by atoms with Gasteiger partial charge in [0.25, 0.3) is 0 Å². The third-order valence-electron chi connectivity index (χ3n) is 3.85. The van der Waals surface area contributed by atoms with Gasteiger partial charge in [-0.15, -0.1) is 0 Å². The maximum atomic E-state index is 5.65. The zero-order valence-corrected chi connectivity index (χ0v) is 12.2. The average molecular weight is 270 g/mol. The number of aryl methyl sites for hydroxylation is 1. The minimum absolute atomic E-state index is 0.729. The maximum absolute atomic E-state index is 5.65. The van der Waals surface area contributed by atoms with Crippen molar-refractivity contribution in [1.82, 2.24) is 5.32 Å². The summed E-state index contributed by atoms with van der Waals surface area (Å²) in [5, 5.41) is 3.54. The molecule has 1 fully saturated rings. The number of hydrogen-bond donors (Lipinski definition) is 1. The number of rotatable bonds is 6. The van der Waals surface area contributed by atoms with Crippen LogP contribution in [0.3, 0.4) is 0 Å². The fourth-order valence-corrected chi connectivity index (χ4v) is 2.31. The van der Waals surface area contributed by atoms with E-state index in [9.17, 15) is 0 Å². The van der Waals surface area contributed by atoms with Gasteiger partial charge < -0.3 is 14.6 Å². The van der Waals surface area contributed by atoms with Gasteiger partial charge in [-0.05, 0) is 38.0 Å². The Morgan fingerprint density at radius 3 is 2.65 bits per heavy atom. The SMILES string of the molecule is Cc1ccc(N(C)Cc2occc2CNC2CC2)cc1. The second-order valence-electron chi connectivity index (χ2n) is 5.72. The molecule has 1 aliphatic carbocycles. The topological polar surface area (TPSA) is 28.4 Å². The molecule has 0 bridgehead atoms. The molecule has 3 rings (SSSR count). The Balaban J connectivity index is 1.64. The lowest BCUT2D eigenvalue weighted by Crippen LogP contribution is -2.19. The number of anilines is 1. The van der Waals surface area contributed by atoms with Gasteiger partial charge in [0.05, 0.1) is 12.8 Å². The summed E-state index contributed by atoms with van der Waals surface area (Å²) >= 11 is 0. The predicted molar refractivity (Wildman–Crippen MR) is 81.9 cm³/mol. The van der Waals surface area contributed by atoms with Crippen molar-refractivity contribution < 1.29 is 4.42 Å². The number of nitrogens with zero attached hydrogens (tertiary/aromatic N) is 1. The van der Waals surface area contributed by atoms with E-state index in [1.807, 2.05) is 0 Å². The summed E-state index contributed by atoms with van der Waals surface area (Å²) in [5.41, 5.74) is 3.78. The maximum Gasteiger partial charge on any atom is 0.127 e. The normalized spacial score (nSPS) is 14.5. The molecule has 0 saturated heterocycles. The smallest absolute Gasteiger partial charge is 0.127 e. The predicted octanol–water partition coefficient (Wildman–Crippen LogP) is 3.48. The second kappa shape index (κ2) is 5.71. The highest BCUT2D eigenvalue weighted by Crippen LogP contribution is 2.22. The second-order valence-corrected chi connectivity index (χ2v) is 5.72. The van der Waals surface area contributed by atoms with E-state index in [0.29, 0.717) is 0 Å². The Hall–Kier alpha value is -1.74. The van der Waals surface area contributed by atoms with E-state index in [-0.39, 0.29) is 0 Å². The molecule has 0 radical (unpaired) electrons. The van der Waals surface area contributed by atoms with Gasteiger partial charge in [-0.25, -0.2) is 0 Å². The lowest BCUT2D eigenvalue weighted by atomic mass is 10.2. The highest BCUT2D eigenvalue weighted by molar-refractivity contribution is 5.47. The van der Waals surface area contributed by atoms with Crippen molar-refractivity contribution in [3.63, 3.8) is 0 Å². The van der Waals surface area contributed by atoms with Crippen molar-refractivity contribution in [3.05, 3.63) is 53.5 Å². The van der Waals surface area contributed by atoms with Crippen molar-refractivity contribution in [1.29, 1.82) is 0 Å². The summed E-state index contributed by atoms with van der Waals surface area (Å²) in [5.74, 6) is 1.06. The largest absolute Gasteiger partial charge is 0.467 e. The lowest BCUT2D eigenvalue weighted by Gasteiger charge is -2.19. The molecular formula is C17H22N2O. The summed E-state index contributed by atoms with van der Waals surface area (Å²) in [6, 6.07) is 11.4. The van der Waals surface area contributed by atoms with Gasteiger partial charge in [-0.3, -0.25) is 0 Å². The molecule has 1 aliphatic rings. The molecule has 0 atom stereocenters. The van der Waals surface area contributed by atoms with Crippen molar-refractivity contribution in [2.75, 3.05) is 11.9 Å². The minimum atomic E-state index is 0.729. The molecule has 3 nitrogen and oxygen atoms in total. The van der Waals surface area contributed by atoms with Crippen LogP contribution in [0.25, 0.3) is 0 Å². The van der Waals surface area contributed by atoms with Gasteiger partial charge in [0, 0.05) is 30.9 Å². The standard InChI is InChI=1S/C17H22N2O/c1-13-3-7-16(8-4-13)19(2)12-17-14(9-10-20-17)11-18-15-5-6-15/h3-4,7-10,15,18H,5-6,11-12H2,1-2H3. The first kappa shape index (κ1) is 13.3. The molecule has 1 saturated carbocycles. The molecule has 106 valence electrons. The summed E-state index contributed by atoms with van der Waals surface area (Å²) in [7, 11) is 2.10. The summed E-state index contributed by atoms with van der Waals surface area (Å²) in [6.45, 7) is 3.83. The van der Waals surface area contributed by atoms with Crippen LogP contribution in [-0.4, -0.2) is 13.1 Å².